The molecule has 1 N–H and O–H groups in total. The smallest absolute Gasteiger partial charge is 0.119 e. The summed E-state index contributed by atoms with van der Waals surface area (Å²) in [5, 5.41) is 12.1. The molecule has 0 aliphatic carbocycles. The second kappa shape index (κ2) is 5.92. The monoisotopic (exact) mass is 252 g/mol. The predicted molar refractivity (Wildman–Crippen MR) is 76.6 cm³/mol. The van der Waals surface area contributed by atoms with E-state index < -0.39 is 0 Å². The Morgan fingerprint density at radius 2 is 1.79 bits per heavy atom. The Bertz CT molecular complexity index is 582. The summed E-state index contributed by atoms with van der Waals surface area (Å²) < 4.78 is 5.59. The summed E-state index contributed by atoms with van der Waals surface area (Å²) in [4.78, 5) is 0. The Morgan fingerprint density at radius 1 is 1.05 bits per heavy atom. The van der Waals surface area contributed by atoms with Crippen molar-refractivity contribution in [3.05, 3.63) is 54.1 Å². The molecule has 3 nitrogen and oxygen atoms in total. The standard InChI is InChI=1S/C16H16N2O/c1-12(2)19-16-8-6-14(7-9-16)18-15-5-3-4-13(10-15)11-17/h3-10,12,18H,1-2H3. The zero-order valence-corrected chi connectivity index (χ0v) is 11.1. The summed E-state index contributed by atoms with van der Waals surface area (Å²) in [6.45, 7) is 4.00. The van der Waals surface area contributed by atoms with Gasteiger partial charge in [-0.1, -0.05) is 6.07 Å². The van der Waals surface area contributed by atoms with Crippen LogP contribution in [0.25, 0.3) is 0 Å². The molecule has 96 valence electrons. The number of hydrogen-bond acceptors (Lipinski definition) is 3. The highest BCUT2D eigenvalue weighted by atomic mass is 16.5. The van der Waals surface area contributed by atoms with Crippen LogP contribution in [0, 0.1) is 11.3 Å². The van der Waals surface area contributed by atoms with E-state index in [0.29, 0.717) is 5.56 Å². The van der Waals surface area contributed by atoms with Gasteiger partial charge in [0.2, 0.25) is 0 Å². The largest absolute Gasteiger partial charge is 0.491 e. The van der Waals surface area contributed by atoms with Crippen LogP contribution in [0.3, 0.4) is 0 Å². The molecule has 0 saturated carbocycles. The topological polar surface area (TPSA) is 45.0 Å². The molecule has 0 fully saturated rings. The van der Waals surface area contributed by atoms with E-state index in [1.807, 2.05) is 56.3 Å². The molecule has 0 heterocycles. The molecule has 0 radical (unpaired) electrons. The van der Waals surface area contributed by atoms with Gasteiger partial charge in [-0.25, -0.2) is 0 Å². The maximum atomic E-state index is 8.85. The summed E-state index contributed by atoms with van der Waals surface area (Å²) in [6.07, 6.45) is 0.172. The Kier molecular flexibility index (Phi) is 4.04. The van der Waals surface area contributed by atoms with Gasteiger partial charge in [0.05, 0.1) is 17.7 Å². The van der Waals surface area contributed by atoms with Crippen molar-refractivity contribution >= 4 is 11.4 Å². The van der Waals surface area contributed by atoms with E-state index in [9.17, 15) is 0 Å². The molecule has 2 aromatic carbocycles. The van der Waals surface area contributed by atoms with Gasteiger partial charge in [-0.05, 0) is 56.3 Å². The minimum atomic E-state index is 0.172. The minimum absolute atomic E-state index is 0.172. The summed E-state index contributed by atoms with van der Waals surface area (Å²) >= 11 is 0. The number of nitriles is 1. The fourth-order valence-electron chi connectivity index (χ4n) is 1.72. The van der Waals surface area contributed by atoms with Crippen LogP contribution in [0.4, 0.5) is 11.4 Å². The number of anilines is 2. The fraction of sp³-hybridized carbons (Fsp3) is 0.188. The molecule has 0 aliphatic heterocycles. The zero-order chi connectivity index (χ0) is 13.7. The molecule has 0 saturated heterocycles. The first-order valence-corrected chi connectivity index (χ1v) is 6.21. The highest BCUT2D eigenvalue weighted by Gasteiger charge is 1.99. The normalized spacial score (nSPS) is 10.0. The lowest BCUT2D eigenvalue weighted by Crippen LogP contribution is -2.05. The summed E-state index contributed by atoms with van der Waals surface area (Å²) in [5.41, 5.74) is 2.51. The van der Waals surface area contributed by atoms with Gasteiger partial charge in [0.15, 0.2) is 0 Å². The van der Waals surface area contributed by atoms with Crippen LogP contribution >= 0.6 is 0 Å². The van der Waals surface area contributed by atoms with Gasteiger partial charge >= 0.3 is 0 Å². The maximum Gasteiger partial charge on any atom is 0.119 e. The van der Waals surface area contributed by atoms with E-state index >= 15 is 0 Å². The zero-order valence-electron chi connectivity index (χ0n) is 11.1. The first-order chi connectivity index (χ1) is 9.17. The Labute approximate surface area is 113 Å². The Morgan fingerprint density at radius 3 is 2.42 bits per heavy atom. The van der Waals surface area contributed by atoms with E-state index in [4.69, 9.17) is 10.00 Å². The SMILES string of the molecule is CC(C)Oc1ccc(Nc2cccc(C#N)c2)cc1. The number of nitrogens with zero attached hydrogens (tertiary/aromatic N) is 1. The van der Waals surface area contributed by atoms with E-state index in [-0.39, 0.29) is 6.10 Å². The van der Waals surface area contributed by atoms with Gasteiger partial charge < -0.3 is 10.1 Å². The molecular weight excluding hydrogens is 236 g/mol. The van der Waals surface area contributed by atoms with Crippen LogP contribution in [0.1, 0.15) is 19.4 Å². The maximum absolute atomic E-state index is 8.85. The van der Waals surface area contributed by atoms with E-state index in [1.165, 1.54) is 0 Å². The predicted octanol–water partition coefficient (Wildman–Crippen LogP) is 4.09. The van der Waals surface area contributed by atoms with E-state index in [2.05, 4.69) is 11.4 Å². The van der Waals surface area contributed by atoms with Crippen LogP contribution in [0.5, 0.6) is 5.75 Å². The van der Waals surface area contributed by atoms with Crippen LogP contribution in [0.15, 0.2) is 48.5 Å². The molecular formula is C16H16N2O. The number of ether oxygens (including phenoxy) is 1. The third-order valence-electron chi connectivity index (χ3n) is 2.51. The third kappa shape index (κ3) is 3.75. The molecule has 0 spiro atoms. The number of hydrogen-bond donors (Lipinski definition) is 1. The lowest BCUT2D eigenvalue weighted by Gasteiger charge is -2.11. The molecule has 19 heavy (non-hydrogen) atoms. The van der Waals surface area contributed by atoms with Gasteiger partial charge in [0.1, 0.15) is 5.75 Å². The second-order valence-electron chi connectivity index (χ2n) is 4.51. The number of nitrogens with one attached hydrogen (secondary N) is 1. The van der Waals surface area contributed by atoms with Gasteiger partial charge in [0.25, 0.3) is 0 Å². The van der Waals surface area contributed by atoms with Crippen molar-refractivity contribution in [2.24, 2.45) is 0 Å². The molecule has 0 bridgehead atoms. The van der Waals surface area contributed by atoms with Crippen molar-refractivity contribution in [1.82, 2.24) is 0 Å². The van der Waals surface area contributed by atoms with Gasteiger partial charge in [0, 0.05) is 11.4 Å². The van der Waals surface area contributed by atoms with Crippen LogP contribution in [-0.2, 0) is 0 Å². The molecule has 2 rings (SSSR count). The minimum Gasteiger partial charge on any atom is -0.491 e. The molecule has 0 amide bonds. The number of benzene rings is 2. The molecule has 0 aliphatic rings. The van der Waals surface area contributed by atoms with Crippen molar-refractivity contribution in [3.8, 4) is 11.8 Å². The van der Waals surface area contributed by atoms with Crippen molar-refractivity contribution < 1.29 is 4.74 Å². The summed E-state index contributed by atoms with van der Waals surface area (Å²) in [5.74, 6) is 0.853. The molecule has 3 heteroatoms. The highest BCUT2D eigenvalue weighted by molar-refractivity contribution is 5.61. The second-order valence-corrected chi connectivity index (χ2v) is 4.51. The average Bonchev–Trinajstić information content (AvgIpc) is 2.41. The first kappa shape index (κ1) is 13.0. The average molecular weight is 252 g/mol. The van der Waals surface area contributed by atoms with Crippen molar-refractivity contribution in [2.45, 2.75) is 20.0 Å². The molecule has 0 unspecified atom stereocenters. The van der Waals surface area contributed by atoms with Crippen molar-refractivity contribution in [2.75, 3.05) is 5.32 Å². The molecule has 0 atom stereocenters. The summed E-state index contributed by atoms with van der Waals surface area (Å²) in [7, 11) is 0. The summed E-state index contributed by atoms with van der Waals surface area (Å²) in [6, 6.07) is 17.3. The van der Waals surface area contributed by atoms with Crippen molar-refractivity contribution in [3.63, 3.8) is 0 Å². The lowest BCUT2D eigenvalue weighted by molar-refractivity contribution is 0.242. The third-order valence-corrected chi connectivity index (χ3v) is 2.51. The van der Waals surface area contributed by atoms with E-state index in [0.717, 1.165) is 17.1 Å². The van der Waals surface area contributed by atoms with Gasteiger partial charge in [-0.15, -0.1) is 0 Å². The lowest BCUT2D eigenvalue weighted by atomic mass is 10.2. The quantitative estimate of drug-likeness (QED) is 0.891. The fourth-order valence-corrected chi connectivity index (χ4v) is 1.72. The Hall–Kier alpha value is -2.47. The van der Waals surface area contributed by atoms with Crippen LogP contribution < -0.4 is 10.1 Å². The van der Waals surface area contributed by atoms with Crippen molar-refractivity contribution in [1.29, 1.82) is 5.26 Å². The van der Waals surface area contributed by atoms with Gasteiger partial charge in [-0.3, -0.25) is 0 Å². The Balaban J connectivity index is 2.09. The van der Waals surface area contributed by atoms with Gasteiger partial charge in [-0.2, -0.15) is 5.26 Å². The molecule has 0 aromatic heterocycles. The van der Waals surface area contributed by atoms with Crippen LogP contribution in [-0.4, -0.2) is 6.10 Å². The van der Waals surface area contributed by atoms with E-state index in [1.54, 1.807) is 6.07 Å². The number of rotatable bonds is 4. The first-order valence-electron chi connectivity index (χ1n) is 6.21. The van der Waals surface area contributed by atoms with Crippen LogP contribution in [0.2, 0.25) is 0 Å². The molecule has 2 aromatic rings. The highest BCUT2D eigenvalue weighted by Crippen LogP contribution is 2.21.